The van der Waals surface area contributed by atoms with Crippen molar-refractivity contribution >= 4 is 17.3 Å². The van der Waals surface area contributed by atoms with Crippen molar-refractivity contribution in [3.05, 3.63) is 40.5 Å². The maximum absolute atomic E-state index is 2.61. The molecule has 0 nitrogen and oxygen atoms in total. The Morgan fingerprint density at radius 1 is 0.958 bits per heavy atom. The van der Waals surface area contributed by atoms with Gasteiger partial charge < -0.3 is 0 Å². The molecule has 0 amide bonds. The first-order valence-corrected chi connectivity index (χ1v) is 10.7. The van der Waals surface area contributed by atoms with Crippen LogP contribution in [0.25, 0.3) is 5.57 Å². The molecular formula is C23H32S. The van der Waals surface area contributed by atoms with Gasteiger partial charge in [-0.15, -0.1) is 0 Å². The van der Waals surface area contributed by atoms with Crippen molar-refractivity contribution in [3.63, 3.8) is 0 Å². The number of allylic oxidation sites excluding steroid dienone is 1. The fraction of sp³-hybridized carbons (Fsp3) is 0.652. The molecule has 130 valence electrons. The second-order valence-electron chi connectivity index (χ2n) is 9.60. The van der Waals surface area contributed by atoms with Crippen LogP contribution in [0.5, 0.6) is 0 Å². The van der Waals surface area contributed by atoms with E-state index >= 15 is 0 Å². The summed E-state index contributed by atoms with van der Waals surface area (Å²) in [7, 11) is 0. The van der Waals surface area contributed by atoms with Crippen molar-refractivity contribution in [2.75, 3.05) is 0 Å². The van der Waals surface area contributed by atoms with Crippen LogP contribution in [-0.4, -0.2) is 10.5 Å². The Bertz CT molecular complexity index is 692. The van der Waals surface area contributed by atoms with Crippen molar-refractivity contribution < 1.29 is 0 Å². The maximum atomic E-state index is 2.61. The van der Waals surface area contributed by atoms with Gasteiger partial charge in [-0.25, -0.2) is 0 Å². The van der Waals surface area contributed by atoms with Crippen molar-refractivity contribution in [3.8, 4) is 0 Å². The largest absolute Gasteiger partial charge is 0.151 e. The molecule has 24 heavy (non-hydrogen) atoms. The average molecular weight is 341 g/mol. The molecule has 2 aliphatic heterocycles. The zero-order valence-electron chi connectivity index (χ0n) is 16.0. The summed E-state index contributed by atoms with van der Waals surface area (Å²) < 4.78 is 0. The van der Waals surface area contributed by atoms with E-state index in [0.717, 1.165) is 10.5 Å². The van der Waals surface area contributed by atoms with Gasteiger partial charge in [-0.1, -0.05) is 52.3 Å². The van der Waals surface area contributed by atoms with Crippen molar-refractivity contribution in [2.45, 2.75) is 94.5 Å². The highest BCUT2D eigenvalue weighted by Gasteiger charge is 2.38. The van der Waals surface area contributed by atoms with E-state index in [-0.39, 0.29) is 0 Å². The molecule has 2 atom stereocenters. The Labute approximate surface area is 152 Å². The van der Waals surface area contributed by atoms with Crippen molar-refractivity contribution in [2.24, 2.45) is 0 Å². The van der Waals surface area contributed by atoms with Crippen LogP contribution in [0.1, 0.15) is 88.5 Å². The number of rotatable bonds is 1. The Morgan fingerprint density at radius 3 is 2.29 bits per heavy atom. The van der Waals surface area contributed by atoms with Gasteiger partial charge in [-0.3, -0.25) is 0 Å². The predicted octanol–water partition coefficient (Wildman–Crippen LogP) is 6.79. The van der Waals surface area contributed by atoms with Gasteiger partial charge in [0.1, 0.15) is 0 Å². The molecular weight excluding hydrogens is 308 g/mol. The number of hydrogen-bond donors (Lipinski definition) is 0. The zero-order chi connectivity index (χ0) is 17.1. The Hall–Kier alpha value is -0.690. The number of thioether (sulfide) groups is 1. The first-order valence-electron chi connectivity index (χ1n) is 9.78. The van der Waals surface area contributed by atoms with Crippen LogP contribution in [-0.2, 0) is 10.8 Å². The molecule has 2 heterocycles. The monoisotopic (exact) mass is 340 g/mol. The molecule has 2 unspecified atom stereocenters. The molecule has 2 bridgehead atoms. The minimum atomic E-state index is 0.313. The van der Waals surface area contributed by atoms with Crippen molar-refractivity contribution in [1.82, 2.24) is 0 Å². The summed E-state index contributed by atoms with van der Waals surface area (Å²) in [6, 6.07) is 5.12. The highest BCUT2D eigenvalue weighted by molar-refractivity contribution is 8.00. The molecule has 0 aromatic heterocycles. The maximum Gasteiger partial charge on any atom is 0.0235 e. The van der Waals surface area contributed by atoms with Crippen LogP contribution < -0.4 is 0 Å². The molecule has 1 aromatic carbocycles. The van der Waals surface area contributed by atoms with E-state index in [1.54, 1.807) is 22.3 Å². The predicted molar refractivity (Wildman–Crippen MR) is 108 cm³/mol. The van der Waals surface area contributed by atoms with Gasteiger partial charge in [0.05, 0.1) is 0 Å². The highest BCUT2D eigenvalue weighted by atomic mass is 32.2. The average Bonchev–Trinajstić information content (AvgIpc) is 2.51. The quantitative estimate of drug-likeness (QED) is 0.542. The molecule has 0 spiro atoms. The van der Waals surface area contributed by atoms with E-state index in [9.17, 15) is 0 Å². The molecule has 4 rings (SSSR count). The van der Waals surface area contributed by atoms with Gasteiger partial charge in [0.15, 0.2) is 0 Å². The van der Waals surface area contributed by atoms with Gasteiger partial charge in [-0.2, -0.15) is 11.8 Å². The lowest BCUT2D eigenvalue weighted by atomic mass is 9.62. The second kappa shape index (κ2) is 5.66. The smallest absolute Gasteiger partial charge is 0.0235 e. The minimum Gasteiger partial charge on any atom is -0.151 e. The molecule has 1 heteroatoms. The van der Waals surface area contributed by atoms with Gasteiger partial charge >= 0.3 is 0 Å². The summed E-state index contributed by atoms with van der Waals surface area (Å²) in [4.78, 5) is 0. The third-order valence-corrected chi connectivity index (χ3v) is 8.27. The fourth-order valence-electron chi connectivity index (χ4n) is 5.01. The molecule has 1 aliphatic carbocycles. The van der Waals surface area contributed by atoms with E-state index in [2.05, 4.69) is 64.6 Å². The topological polar surface area (TPSA) is 0 Å². The molecule has 0 saturated carbocycles. The number of hydrogen-bond acceptors (Lipinski definition) is 1. The van der Waals surface area contributed by atoms with Crippen LogP contribution in [0.4, 0.5) is 0 Å². The summed E-state index contributed by atoms with van der Waals surface area (Å²) >= 11 is 2.23. The Morgan fingerprint density at radius 2 is 1.62 bits per heavy atom. The summed E-state index contributed by atoms with van der Waals surface area (Å²) in [6.07, 6.45) is 10.7. The number of benzene rings is 1. The molecule has 3 aliphatic rings. The van der Waals surface area contributed by atoms with E-state index < -0.39 is 0 Å². The van der Waals surface area contributed by atoms with Crippen LogP contribution in [0.3, 0.4) is 0 Å². The van der Waals surface area contributed by atoms with Gasteiger partial charge in [0.25, 0.3) is 0 Å². The third kappa shape index (κ3) is 2.77. The minimum absolute atomic E-state index is 0.313. The second-order valence-corrected chi connectivity index (χ2v) is 11.1. The molecule has 1 aromatic rings. The van der Waals surface area contributed by atoms with Crippen LogP contribution in [0.2, 0.25) is 0 Å². The van der Waals surface area contributed by atoms with Crippen LogP contribution in [0.15, 0.2) is 18.2 Å². The first kappa shape index (κ1) is 16.8. The summed E-state index contributed by atoms with van der Waals surface area (Å²) in [6.45, 7) is 12.1. The third-order valence-electron chi connectivity index (χ3n) is 6.76. The van der Waals surface area contributed by atoms with E-state index in [1.165, 1.54) is 44.1 Å². The van der Waals surface area contributed by atoms with Gasteiger partial charge in [0.2, 0.25) is 0 Å². The lowest BCUT2D eigenvalue weighted by Crippen LogP contribution is -2.34. The van der Waals surface area contributed by atoms with Crippen LogP contribution >= 0.6 is 11.8 Å². The Balaban J connectivity index is 1.82. The van der Waals surface area contributed by atoms with Gasteiger partial charge in [0, 0.05) is 10.5 Å². The SMILES string of the molecule is Cc1cc2c(cc1C1=CC3CCCC(C1)S3)C(C)(C)CCC2(C)C. The number of fused-ring (bicyclic) bond motifs is 3. The number of aryl methyl sites for hydroxylation is 1. The standard InChI is InChI=1S/C23H32S/c1-15-11-20-21(23(4,5)10-9-22(20,2)3)14-19(15)16-12-17-7-6-8-18(13-16)24-17/h11-12,14,17-18H,6-10,13H2,1-5H3. The lowest BCUT2D eigenvalue weighted by molar-refractivity contribution is 0.331. The first-order chi connectivity index (χ1) is 11.3. The summed E-state index contributed by atoms with van der Waals surface area (Å²) in [5.74, 6) is 0. The summed E-state index contributed by atoms with van der Waals surface area (Å²) in [5, 5.41) is 1.64. The van der Waals surface area contributed by atoms with E-state index in [4.69, 9.17) is 0 Å². The summed E-state index contributed by atoms with van der Waals surface area (Å²) in [5.41, 5.74) is 8.54. The molecule has 1 fully saturated rings. The van der Waals surface area contributed by atoms with Crippen molar-refractivity contribution in [1.29, 1.82) is 0 Å². The normalized spacial score (nSPS) is 30.5. The fourth-order valence-corrected chi connectivity index (χ4v) is 6.63. The van der Waals surface area contributed by atoms with Crippen LogP contribution in [0, 0.1) is 6.92 Å². The zero-order valence-corrected chi connectivity index (χ0v) is 16.9. The molecule has 0 radical (unpaired) electrons. The lowest BCUT2D eigenvalue weighted by Gasteiger charge is -2.43. The van der Waals surface area contributed by atoms with E-state index in [1.807, 2.05) is 0 Å². The molecule has 0 N–H and O–H groups in total. The molecule has 1 saturated heterocycles. The van der Waals surface area contributed by atoms with Gasteiger partial charge in [-0.05, 0) is 77.7 Å². The van der Waals surface area contributed by atoms with E-state index in [0.29, 0.717) is 10.8 Å². The Kier molecular flexibility index (Phi) is 3.95. The highest BCUT2D eigenvalue weighted by Crippen LogP contribution is 2.49.